The fourth-order valence-electron chi connectivity index (χ4n) is 2.42. The molecule has 0 aliphatic heterocycles. The monoisotopic (exact) mass is 316 g/mol. The molecule has 0 atom stereocenters. The highest BCUT2D eigenvalue weighted by atomic mass is 19.1. The standard InChI is InChI=1S/C16H14F2N4O/c1-22(2)15-12(17)6-10(7-13(15)18)20-16(23)11-5-3-4-9-8-19-21-14(9)11/h3-8H,1-2H3,(H,19,21)(H,20,23). The lowest BCUT2D eigenvalue weighted by Crippen LogP contribution is -2.16. The van der Waals surface area contributed by atoms with Crippen LogP contribution < -0.4 is 10.2 Å². The van der Waals surface area contributed by atoms with Gasteiger partial charge in [0.1, 0.15) is 5.69 Å². The smallest absolute Gasteiger partial charge is 0.257 e. The van der Waals surface area contributed by atoms with E-state index in [0.717, 1.165) is 17.5 Å². The fraction of sp³-hybridized carbons (Fsp3) is 0.125. The highest BCUT2D eigenvalue weighted by Gasteiger charge is 2.16. The third-order valence-corrected chi connectivity index (χ3v) is 3.44. The Kier molecular flexibility index (Phi) is 3.69. The molecule has 118 valence electrons. The van der Waals surface area contributed by atoms with Gasteiger partial charge in [0, 0.05) is 25.2 Å². The van der Waals surface area contributed by atoms with Crippen molar-refractivity contribution in [2.75, 3.05) is 24.3 Å². The van der Waals surface area contributed by atoms with E-state index < -0.39 is 17.5 Å². The Morgan fingerprint density at radius 1 is 1.22 bits per heavy atom. The van der Waals surface area contributed by atoms with Crippen LogP contribution in [-0.2, 0) is 0 Å². The summed E-state index contributed by atoms with van der Waals surface area (Å²) >= 11 is 0. The Hall–Kier alpha value is -2.96. The van der Waals surface area contributed by atoms with E-state index >= 15 is 0 Å². The lowest BCUT2D eigenvalue weighted by atomic mass is 10.1. The molecule has 2 aromatic carbocycles. The van der Waals surface area contributed by atoms with Crippen LogP contribution in [0.4, 0.5) is 20.2 Å². The number of aromatic amines is 1. The SMILES string of the molecule is CN(C)c1c(F)cc(NC(=O)c2cccc3cn[nH]c23)cc1F. The number of rotatable bonds is 3. The van der Waals surface area contributed by atoms with Crippen LogP contribution in [0.3, 0.4) is 0 Å². The Balaban J connectivity index is 1.93. The van der Waals surface area contributed by atoms with Crippen LogP contribution in [0.2, 0.25) is 0 Å². The topological polar surface area (TPSA) is 61.0 Å². The van der Waals surface area contributed by atoms with Gasteiger partial charge >= 0.3 is 0 Å². The molecule has 0 fully saturated rings. The molecule has 1 amide bonds. The predicted molar refractivity (Wildman–Crippen MR) is 84.7 cm³/mol. The van der Waals surface area contributed by atoms with Gasteiger partial charge < -0.3 is 10.2 Å². The van der Waals surface area contributed by atoms with Crippen molar-refractivity contribution in [3.63, 3.8) is 0 Å². The number of aromatic nitrogens is 2. The van der Waals surface area contributed by atoms with Gasteiger partial charge in [0.05, 0.1) is 17.3 Å². The summed E-state index contributed by atoms with van der Waals surface area (Å²) in [5.41, 5.74) is 0.805. The van der Waals surface area contributed by atoms with E-state index in [9.17, 15) is 13.6 Å². The van der Waals surface area contributed by atoms with Gasteiger partial charge in [-0.15, -0.1) is 0 Å². The van der Waals surface area contributed by atoms with E-state index in [1.54, 1.807) is 38.5 Å². The summed E-state index contributed by atoms with van der Waals surface area (Å²) in [5, 5.41) is 9.89. The summed E-state index contributed by atoms with van der Waals surface area (Å²) in [6, 6.07) is 7.30. The van der Waals surface area contributed by atoms with E-state index in [4.69, 9.17) is 0 Å². The minimum Gasteiger partial charge on any atom is -0.373 e. The maximum Gasteiger partial charge on any atom is 0.257 e. The highest BCUT2D eigenvalue weighted by Crippen LogP contribution is 2.26. The number of benzene rings is 2. The number of nitrogens with zero attached hydrogens (tertiary/aromatic N) is 2. The van der Waals surface area contributed by atoms with Crippen molar-refractivity contribution >= 4 is 28.2 Å². The van der Waals surface area contributed by atoms with Crippen molar-refractivity contribution in [3.05, 3.63) is 53.7 Å². The second-order valence-corrected chi connectivity index (χ2v) is 5.28. The number of carbonyl (C=O) groups is 1. The van der Waals surface area contributed by atoms with Crippen LogP contribution in [0.5, 0.6) is 0 Å². The molecule has 0 saturated carbocycles. The van der Waals surface area contributed by atoms with Gasteiger partial charge in [0.25, 0.3) is 5.91 Å². The van der Waals surface area contributed by atoms with Crippen molar-refractivity contribution in [2.24, 2.45) is 0 Å². The minimum absolute atomic E-state index is 0.0483. The Bertz CT molecular complexity index is 866. The highest BCUT2D eigenvalue weighted by molar-refractivity contribution is 6.11. The second kappa shape index (κ2) is 5.68. The van der Waals surface area contributed by atoms with E-state index in [1.807, 2.05) is 0 Å². The van der Waals surface area contributed by atoms with Crippen LogP contribution in [0.1, 0.15) is 10.4 Å². The Morgan fingerprint density at radius 3 is 2.57 bits per heavy atom. The maximum absolute atomic E-state index is 14.0. The summed E-state index contributed by atoms with van der Waals surface area (Å²) in [6.45, 7) is 0. The van der Waals surface area contributed by atoms with Crippen molar-refractivity contribution in [3.8, 4) is 0 Å². The first-order valence-electron chi connectivity index (χ1n) is 6.87. The number of hydrogen-bond donors (Lipinski definition) is 2. The predicted octanol–water partition coefficient (Wildman–Crippen LogP) is 3.16. The molecule has 5 nitrogen and oxygen atoms in total. The molecule has 1 aromatic heterocycles. The molecular formula is C16H14F2N4O. The van der Waals surface area contributed by atoms with Crippen LogP contribution in [0.25, 0.3) is 10.9 Å². The summed E-state index contributed by atoms with van der Waals surface area (Å²) < 4.78 is 27.9. The van der Waals surface area contributed by atoms with Crippen LogP contribution >= 0.6 is 0 Å². The third-order valence-electron chi connectivity index (χ3n) is 3.44. The molecule has 0 aliphatic carbocycles. The van der Waals surface area contributed by atoms with E-state index in [1.165, 1.54) is 4.90 Å². The average molecular weight is 316 g/mol. The Morgan fingerprint density at radius 2 is 1.91 bits per heavy atom. The molecule has 2 N–H and O–H groups in total. The molecule has 0 saturated heterocycles. The average Bonchev–Trinajstić information content (AvgIpc) is 2.94. The zero-order valence-electron chi connectivity index (χ0n) is 12.5. The third kappa shape index (κ3) is 2.73. The van der Waals surface area contributed by atoms with Gasteiger partial charge in [0.2, 0.25) is 0 Å². The number of anilines is 2. The molecule has 0 radical (unpaired) electrons. The number of H-pyrrole nitrogens is 1. The quantitative estimate of drug-likeness (QED) is 0.780. The first-order valence-corrected chi connectivity index (χ1v) is 6.87. The van der Waals surface area contributed by atoms with E-state index in [0.29, 0.717) is 11.1 Å². The minimum atomic E-state index is -0.745. The zero-order chi connectivity index (χ0) is 16.6. The number of amides is 1. The van der Waals surface area contributed by atoms with Crippen LogP contribution in [0.15, 0.2) is 36.5 Å². The molecule has 0 unspecified atom stereocenters. The molecule has 7 heteroatoms. The van der Waals surface area contributed by atoms with Gasteiger partial charge in [-0.2, -0.15) is 5.10 Å². The molecule has 0 aliphatic rings. The number of carbonyl (C=O) groups excluding carboxylic acids is 1. The van der Waals surface area contributed by atoms with Crippen molar-refractivity contribution in [1.29, 1.82) is 0 Å². The molecular weight excluding hydrogens is 302 g/mol. The van der Waals surface area contributed by atoms with E-state index in [-0.39, 0.29) is 11.4 Å². The molecule has 3 aromatic rings. The summed E-state index contributed by atoms with van der Waals surface area (Å²) in [7, 11) is 3.08. The first-order chi connectivity index (χ1) is 11.0. The van der Waals surface area contributed by atoms with Crippen LogP contribution in [-0.4, -0.2) is 30.2 Å². The lowest BCUT2D eigenvalue weighted by molar-refractivity contribution is 0.102. The molecule has 23 heavy (non-hydrogen) atoms. The summed E-state index contributed by atoms with van der Waals surface area (Å²) in [6.07, 6.45) is 1.59. The maximum atomic E-state index is 14.0. The molecule has 3 rings (SSSR count). The molecule has 0 spiro atoms. The first kappa shape index (κ1) is 15.0. The largest absolute Gasteiger partial charge is 0.373 e. The van der Waals surface area contributed by atoms with Gasteiger partial charge in [-0.05, 0) is 18.2 Å². The summed E-state index contributed by atoms with van der Waals surface area (Å²) in [5.74, 6) is -1.97. The zero-order valence-corrected chi connectivity index (χ0v) is 12.5. The number of hydrogen-bond acceptors (Lipinski definition) is 3. The number of nitrogens with one attached hydrogen (secondary N) is 2. The summed E-state index contributed by atoms with van der Waals surface area (Å²) in [4.78, 5) is 13.7. The van der Waals surface area contributed by atoms with Crippen molar-refractivity contribution in [2.45, 2.75) is 0 Å². The van der Waals surface area contributed by atoms with E-state index in [2.05, 4.69) is 15.5 Å². The molecule has 0 bridgehead atoms. The van der Waals surface area contributed by atoms with Gasteiger partial charge in [0.15, 0.2) is 11.6 Å². The Labute approximate surface area is 130 Å². The lowest BCUT2D eigenvalue weighted by Gasteiger charge is -2.16. The number of para-hydroxylation sites is 1. The number of halogens is 2. The second-order valence-electron chi connectivity index (χ2n) is 5.28. The fourth-order valence-corrected chi connectivity index (χ4v) is 2.42. The van der Waals surface area contributed by atoms with Crippen molar-refractivity contribution < 1.29 is 13.6 Å². The van der Waals surface area contributed by atoms with Gasteiger partial charge in [-0.1, -0.05) is 12.1 Å². The van der Waals surface area contributed by atoms with Crippen molar-refractivity contribution in [1.82, 2.24) is 10.2 Å². The normalized spacial score (nSPS) is 10.8. The van der Waals surface area contributed by atoms with Gasteiger partial charge in [-0.3, -0.25) is 9.89 Å². The number of fused-ring (bicyclic) bond motifs is 1. The van der Waals surface area contributed by atoms with Gasteiger partial charge in [-0.25, -0.2) is 8.78 Å². The van der Waals surface area contributed by atoms with Crippen LogP contribution in [0, 0.1) is 11.6 Å². The molecule has 1 heterocycles.